The molecule has 0 saturated carbocycles. The maximum atomic E-state index is 12.7. The van der Waals surface area contributed by atoms with Gasteiger partial charge in [-0.2, -0.15) is 13.2 Å². The molecule has 30 heavy (non-hydrogen) atoms. The van der Waals surface area contributed by atoms with Crippen LogP contribution in [0.15, 0.2) is 58.2 Å². The predicted molar refractivity (Wildman–Crippen MR) is 110 cm³/mol. The number of likely N-dealkylation sites (tertiary alicyclic amines) is 1. The summed E-state index contributed by atoms with van der Waals surface area (Å²) >= 11 is 3.41. The second-order valence-electron chi connectivity index (χ2n) is 7.46. The van der Waals surface area contributed by atoms with Crippen LogP contribution in [-0.2, 0) is 11.0 Å². The van der Waals surface area contributed by atoms with E-state index in [2.05, 4.69) is 26.4 Å². The van der Waals surface area contributed by atoms with E-state index in [0.29, 0.717) is 49.3 Å². The number of piperidine rings is 1. The van der Waals surface area contributed by atoms with Crippen LogP contribution in [0.1, 0.15) is 30.4 Å². The number of urea groups is 1. The third-order valence-corrected chi connectivity index (χ3v) is 6.15. The Balaban J connectivity index is 1.34. The summed E-state index contributed by atoms with van der Waals surface area (Å²) in [5.74, 6) is 0. The van der Waals surface area contributed by atoms with Crippen molar-refractivity contribution >= 4 is 33.4 Å². The third kappa shape index (κ3) is 4.30. The zero-order valence-electron chi connectivity index (χ0n) is 15.9. The Labute approximate surface area is 180 Å². The number of alkyl halides is 3. The fourth-order valence-electron chi connectivity index (χ4n) is 3.67. The number of hydrogen-bond donors (Lipinski definition) is 1. The average molecular weight is 482 g/mol. The van der Waals surface area contributed by atoms with Gasteiger partial charge in [0.05, 0.1) is 17.0 Å². The van der Waals surface area contributed by atoms with E-state index in [0.717, 1.165) is 16.6 Å². The van der Waals surface area contributed by atoms with Crippen LogP contribution in [-0.4, -0.2) is 35.3 Å². The smallest absolute Gasteiger partial charge is 0.388 e. The van der Waals surface area contributed by atoms with Gasteiger partial charge in [0.1, 0.15) is 5.60 Å². The average Bonchev–Trinajstić information content (AvgIpc) is 3.13. The van der Waals surface area contributed by atoms with Gasteiger partial charge in [-0.05, 0) is 45.8 Å². The first-order valence-electron chi connectivity index (χ1n) is 9.49. The van der Waals surface area contributed by atoms with E-state index in [1.54, 1.807) is 4.90 Å². The van der Waals surface area contributed by atoms with Gasteiger partial charge in [0.2, 0.25) is 0 Å². The molecule has 1 fully saturated rings. The van der Waals surface area contributed by atoms with Gasteiger partial charge in [0.25, 0.3) is 0 Å². The number of carbonyl (C=O) groups is 1. The van der Waals surface area contributed by atoms with Gasteiger partial charge in [-0.1, -0.05) is 29.4 Å². The van der Waals surface area contributed by atoms with Crippen molar-refractivity contribution in [3.63, 3.8) is 0 Å². The number of anilines is 1. The quantitative estimate of drug-likeness (QED) is 0.601. The highest BCUT2D eigenvalue weighted by Crippen LogP contribution is 2.37. The highest BCUT2D eigenvalue weighted by molar-refractivity contribution is 9.10. The van der Waals surface area contributed by atoms with Crippen LogP contribution < -0.4 is 5.32 Å². The molecule has 2 amide bonds. The summed E-state index contributed by atoms with van der Waals surface area (Å²) in [7, 11) is 0. The molecule has 1 spiro atoms. The zero-order chi connectivity index (χ0) is 21.4. The molecule has 0 atom stereocenters. The van der Waals surface area contributed by atoms with Gasteiger partial charge in [-0.15, -0.1) is 0 Å². The fourth-order valence-corrected chi connectivity index (χ4v) is 4.05. The van der Waals surface area contributed by atoms with Crippen LogP contribution in [0.4, 0.5) is 23.7 Å². The molecule has 2 aliphatic rings. The van der Waals surface area contributed by atoms with Crippen LogP contribution in [0.3, 0.4) is 0 Å². The molecule has 2 aromatic rings. The van der Waals surface area contributed by atoms with E-state index in [1.165, 1.54) is 12.1 Å². The first-order chi connectivity index (χ1) is 14.3. The SMILES string of the molecule is O=C(Nc1ccccc1Br)N1CCC2(CC1)CC(c1ccc(C(F)(F)F)cc1)=NO2. The molecular weight excluding hydrogens is 463 g/mol. The molecule has 2 aliphatic heterocycles. The van der Waals surface area contributed by atoms with Crippen molar-refractivity contribution in [1.82, 2.24) is 4.90 Å². The summed E-state index contributed by atoms with van der Waals surface area (Å²) in [6.45, 7) is 1.01. The second kappa shape index (κ2) is 7.94. The molecule has 1 N–H and O–H groups in total. The number of rotatable bonds is 2. The van der Waals surface area contributed by atoms with Crippen LogP contribution in [0, 0.1) is 0 Å². The number of hydrogen-bond acceptors (Lipinski definition) is 3. The Kier molecular flexibility index (Phi) is 5.48. The molecule has 5 nitrogen and oxygen atoms in total. The summed E-state index contributed by atoms with van der Waals surface area (Å²) in [4.78, 5) is 20.0. The first kappa shape index (κ1) is 20.7. The van der Waals surface area contributed by atoms with Crippen molar-refractivity contribution in [3.8, 4) is 0 Å². The van der Waals surface area contributed by atoms with Gasteiger partial charge >= 0.3 is 12.2 Å². The number of nitrogens with one attached hydrogen (secondary N) is 1. The number of carbonyl (C=O) groups excluding carboxylic acids is 1. The summed E-state index contributed by atoms with van der Waals surface area (Å²) in [6.07, 6.45) is -2.65. The van der Waals surface area contributed by atoms with E-state index < -0.39 is 17.3 Å². The summed E-state index contributed by atoms with van der Waals surface area (Å²) < 4.78 is 39.1. The Morgan fingerprint density at radius 3 is 2.40 bits per heavy atom. The van der Waals surface area contributed by atoms with E-state index in [-0.39, 0.29) is 6.03 Å². The van der Waals surface area contributed by atoms with Crippen molar-refractivity contribution in [2.24, 2.45) is 5.16 Å². The minimum absolute atomic E-state index is 0.182. The molecule has 0 aromatic heterocycles. The molecular formula is C21H19BrF3N3O2. The van der Waals surface area contributed by atoms with Gasteiger partial charge < -0.3 is 15.1 Å². The van der Waals surface area contributed by atoms with Crippen molar-refractivity contribution in [3.05, 3.63) is 64.1 Å². The fraction of sp³-hybridized carbons (Fsp3) is 0.333. The number of halogens is 4. The van der Waals surface area contributed by atoms with Crippen molar-refractivity contribution in [1.29, 1.82) is 0 Å². The summed E-state index contributed by atoms with van der Waals surface area (Å²) in [6, 6.07) is 12.2. The zero-order valence-corrected chi connectivity index (χ0v) is 17.5. The lowest BCUT2D eigenvalue weighted by atomic mass is 9.85. The van der Waals surface area contributed by atoms with Gasteiger partial charge in [-0.3, -0.25) is 0 Å². The monoisotopic (exact) mass is 481 g/mol. The van der Waals surface area contributed by atoms with Crippen LogP contribution >= 0.6 is 15.9 Å². The number of oxime groups is 1. The maximum absolute atomic E-state index is 12.7. The lowest BCUT2D eigenvalue weighted by Gasteiger charge is -2.37. The van der Waals surface area contributed by atoms with Gasteiger partial charge in [0.15, 0.2) is 0 Å². The molecule has 0 unspecified atom stereocenters. The van der Waals surface area contributed by atoms with Crippen molar-refractivity contribution in [2.45, 2.75) is 31.0 Å². The van der Waals surface area contributed by atoms with E-state index in [4.69, 9.17) is 4.84 Å². The predicted octanol–water partition coefficient (Wildman–Crippen LogP) is 5.66. The van der Waals surface area contributed by atoms with Crippen molar-refractivity contribution in [2.75, 3.05) is 18.4 Å². The standard InChI is InChI=1S/C21H19BrF3N3O2/c22-16-3-1-2-4-17(16)26-19(29)28-11-9-20(10-12-28)13-18(27-30-20)14-5-7-15(8-6-14)21(23,24)25/h1-8H,9-13H2,(H,26,29). The molecule has 158 valence electrons. The molecule has 2 heterocycles. The number of nitrogens with zero attached hydrogens (tertiary/aromatic N) is 2. The van der Waals surface area contributed by atoms with E-state index in [9.17, 15) is 18.0 Å². The molecule has 0 radical (unpaired) electrons. The largest absolute Gasteiger partial charge is 0.416 e. The highest BCUT2D eigenvalue weighted by Gasteiger charge is 2.43. The molecule has 2 aromatic carbocycles. The van der Waals surface area contributed by atoms with Crippen LogP contribution in [0.5, 0.6) is 0 Å². The Hall–Kier alpha value is -2.55. The molecule has 4 rings (SSSR count). The highest BCUT2D eigenvalue weighted by atomic mass is 79.9. The number of para-hydroxylation sites is 1. The summed E-state index contributed by atoms with van der Waals surface area (Å²) in [5, 5.41) is 7.02. The Bertz CT molecular complexity index is 968. The van der Waals surface area contributed by atoms with Crippen molar-refractivity contribution < 1.29 is 22.8 Å². The van der Waals surface area contributed by atoms with Crippen LogP contribution in [0.2, 0.25) is 0 Å². The normalized spacial score (nSPS) is 18.1. The molecule has 1 saturated heterocycles. The topological polar surface area (TPSA) is 53.9 Å². The summed E-state index contributed by atoms with van der Waals surface area (Å²) in [5.41, 5.74) is 0.754. The lowest BCUT2D eigenvalue weighted by molar-refractivity contribution is -0.137. The molecule has 9 heteroatoms. The minimum atomic E-state index is -4.36. The van der Waals surface area contributed by atoms with Gasteiger partial charge in [-0.25, -0.2) is 4.79 Å². The third-order valence-electron chi connectivity index (χ3n) is 5.46. The second-order valence-corrected chi connectivity index (χ2v) is 8.32. The van der Waals surface area contributed by atoms with Crippen LogP contribution in [0.25, 0.3) is 0 Å². The maximum Gasteiger partial charge on any atom is 0.416 e. The van der Waals surface area contributed by atoms with E-state index in [1.807, 2.05) is 24.3 Å². The first-order valence-corrected chi connectivity index (χ1v) is 10.3. The lowest BCUT2D eigenvalue weighted by Crippen LogP contribution is -2.48. The van der Waals surface area contributed by atoms with E-state index >= 15 is 0 Å². The number of amides is 2. The number of benzene rings is 2. The van der Waals surface area contributed by atoms with Gasteiger partial charge in [0, 0.05) is 36.8 Å². The minimum Gasteiger partial charge on any atom is -0.388 e. The molecule has 0 bridgehead atoms. The molecule has 0 aliphatic carbocycles. The Morgan fingerprint density at radius 2 is 1.77 bits per heavy atom. The Morgan fingerprint density at radius 1 is 1.10 bits per heavy atom.